The van der Waals surface area contributed by atoms with Gasteiger partial charge in [0.1, 0.15) is 0 Å². The monoisotopic (exact) mass is 189 g/mol. The van der Waals surface area contributed by atoms with Crippen molar-refractivity contribution in [3.63, 3.8) is 0 Å². The van der Waals surface area contributed by atoms with Crippen molar-refractivity contribution in [1.82, 2.24) is 4.98 Å². The average molecular weight is 189 g/mol. The summed E-state index contributed by atoms with van der Waals surface area (Å²) in [6.07, 6.45) is 5.89. The van der Waals surface area contributed by atoms with E-state index >= 15 is 0 Å². The number of nitrogens with zero attached hydrogens (tertiary/aromatic N) is 2. The Hall–Kier alpha value is -1.58. The lowest BCUT2D eigenvalue weighted by atomic mass is 10.2. The normalized spacial score (nSPS) is 20.3. The van der Waals surface area contributed by atoms with Crippen LogP contribution in [0.4, 0.5) is 11.4 Å². The van der Waals surface area contributed by atoms with E-state index in [1.807, 2.05) is 6.07 Å². The third-order valence-corrected chi connectivity index (χ3v) is 2.68. The van der Waals surface area contributed by atoms with Gasteiger partial charge in [-0.3, -0.25) is 9.78 Å². The predicted octanol–water partition coefficient (Wildman–Crippen LogP) is 1.00. The summed E-state index contributed by atoms with van der Waals surface area (Å²) >= 11 is 0. The van der Waals surface area contributed by atoms with E-state index in [1.165, 1.54) is 12.8 Å². The van der Waals surface area contributed by atoms with E-state index in [9.17, 15) is 4.79 Å². The Morgan fingerprint density at radius 2 is 2.36 bits per heavy atom. The highest BCUT2D eigenvalue weighted by Crippen LogP contribution is 2.37. The van der Waals surface area contributed by atoms with E-state index < -0.39 is 0 Å². The summed E-state index contributed by atoms with van der Waals surface area (Å²) < 4.78 is 0. The summed E-state index contributed by atoms with van der Waals surface area (Å²) in [5.74, 6) is 0.0670. The van der Waals surface area contributed by atoms with Crippen molar-refractivity contribution < 1.29 is 4.79 Å². The number of hydrogen-bond donors (Lipinski definition) is 1. The zero-order valence-electron chi connectivity index (χ0n) is 7.73. The molecule has 2 heterocycles. The van der Waals surface area contributed by atoms with Gasteiger partial charge in [-0.05, 0) is 18.9 Å². The van der Waals surface area contributed by atoms with Crippen molar-refractivity contribution in [2.75, 3.05) is 16.8 Å². The lowest BCUT2D eigenvalue weighted by molar-refractivity contribution is -0.115. The molecule has 1 aromatic heterocycles. The number of hydrogen-bond acceptors (Lipinski definition) is 3. The van der Waals surface area contributed by atoms with Gasteiger partial charge in [0.05, 0.1) is 24.1 Å². The molecule has 1 aromatic rings. The fraction of sp³-hybridized carbons (Fsp3) is 0.400. The lowest BCUT2D eigenvalue weighted by Gasteiger charge is -2.30. The Labute approximate surface area is 81.9 Å². The molecule has 1 aliphatic carbocycles. The maximum absolute atomic E-state index is 11.4. The minimum Gasteiger partial charge on any atom is -0.357 e. The molecule has 14 heavy (non-hydrogen) atoms. The average Bonchev–Trinajstić information content (AvgIpc) is 2.99. The Morgan fingerprint density at radius 3 is 3.14 bits per heavy atom. The second-order valence-electron chi connectivity index (χ2n) is 3.80. The zero-order valence-corrected chi connectivity index (χ0v) is 7.73. The quantitative estimate of drug-likeness (QED) is 0.717. The van der Waals surface area contributed by atoms with Crippen LogP contribution in [0.1, 0.15) is 12.8 Å². The van der Waals surface area contributed by atoms with Crippen LogP contribution in [-0.4, -0.2) is 23.5 Å². The number of fused-ring (bicyclic) bond motifs is 1. The standard InChI is InChI=1S/C10H11N3O/c14-10-6-13(7-1-2-7)9-3-4-11-5-8(9)12-10/h3-5,7H,1-2,6H2,(H,12,14). The largest absolute Gasteiger partial charge is 0.357 e. The molecular weight excluding hydrogens is 178 g/mol. The van der Waals surface area contributed by atoms with Gasteiger partial charge in [0, 0.05) is 12.2 Å². The Morgan fingerprint density at radius 1 is 1.50 bits per heavy atom. The molecular formula is C10H11N3O. The third kappa shape index (κ3) is 1.14. The summed E-state index contributed by atoms with van der Waals surface area (Å²) in [4.78, 5) is 17.6. The van der Waals surface area contributed by atoms with Gasteiger partial charge in [0.25, 0.3) is 0 Å². The topological polar surface area (TPSA) is 45.2 Å². The number of carbonyl (C=O) groups excluding carboxylic acids is 1. The summed E-state index contributed by atoms with van der Waals surface area (Å²) in [5.41, 5.74) is 1.96. The first-order valence-electron chi connectivity index (χ1n) is 4.85. The molecule has 1 fully saturated rings. The molecule has 1 amide bonds. The fourth-order valence-electron chi connectivity index (χ4n) is 1.88. The van der Waals surface area contributed by atoms with Gasteiger partial charge in [-0.25, -0.2) is 0 Å². The van der Waals surface area contributed by atoms with Gasteiger partial charge in [-0.1, -0.05) is 0 Å². The molecule has 0 unspecified atom stereocenters. The number of pyridine rings is 1. The molecule has 0 bridgehead atoms. The molecule has 4 nitrogen and oxygen atoms in total. The first kappa shape index (κ1) is 7.79. The second kappa shape index (κ2) is 2.70. The summed E-state index contributed by atoms with van der Waals surface area (Å²) in [7, 11) is 0. The SMILES string of the molecule is O=C1CN(C2CC2)c2ccncc2N1. The van der Waals surface area contributed by atoms with Crippen LogP contribution in [0.5, 0.6) is 0 Å². The van der Waals surface area contributed by atoms with E-state index in [0.717, 1.165) is 11.4 Å². The van der Waals surface area contributed by atoms with E-state index in [-0.39, 0.29) is 5.91 Å². The minimum atomic E-state index is 0.0670. The Kier molecular flexibility index (Phi) is 1.50. The molecule has 3 rings (SSSR count). The van der Waals surface area contributed by atoms with Crippen molar-refractivity contribution in [2.45, 2.75) is 18.9 Å². The number of carbonyl (C=O) groups is 1. The summed E-state index contributed by atoms with van der Waals surface area (Å²) in [5, 5.41) is 2.83. The lowest BCUT2D eigenvalue weighted by Crippen LogP contribution is -2.39. The molecule has 1 N–H and O–H groups in total. The highest BCUT2D eigenvalue weighted by atomic mass is 16.2. The van der Waals surface area contributed by atoms with Crippen LogP contribution < -0.4 is 10.2 Å². The van der Waals surface area contributed by atoms with Crippen LogP contribution in [-0.2, 0) is 4.79 Å². The number of rotatable bonds is 1. The van der Waals surface area contributed by atoms with Crippen LogP contribution in [0.25, 0.3) is 0 Å². The van der Waals surface area contributed by atoms with Crippen molar-refractivity contribution in [1.29, 1.82) is 0 Å². The van der Waals surface area contributed by atoms with Crippen molar-refractivity contribution >= 4 is 17.3 Å². The van der Waals surface area contributed by atoms with Crippen LogP contribution in [0.3, 0.4) is 0 Å². The molecule has 1 saturated carbocycles. The van der Waals surface area contributed by atoms with Gasteiger partial charge in [0.15, 0.2) is 0 Å². The first-order valence-corrected chi connectivity index (χ1v) is 4.85. The Bertz CT molecular complexity index is 387. The number of anilines is 2. The molecule has 0 radical (unpaired) electrons. The van der Waals surface area contributed by atoms with Gasteiger partial charge in [-0.15, -0.1) is 0 Å². The Balaban J connectivity index is 2.04. The van der Waals surface area contributed by atoms with E-state index in [1.54, 1.807) is 12.4 Å². The molecule has 0 spiro atoms. The first-order chi connectivity index (χ1) is 6.84. The van der Waals surface area contributed by atoms with Gasteiger partial charge in [0.2, 0.25) is 5.91 Å². The van der Waals surface area contributed by atoms with Crippen LogP contribution >= 0.6 is 0 Å². The molecule has 72 valence electrons. The smallest absolute Gasteiger partial charge is 0.244 e. The number of aromatic nitrogens is 1. The van der Waals surface area contributed by atoms with Gasteiger partial charge < -0.3 is 10.2 Å². The fourth-order valence-corrected chi connectivity index (χ4v) is 1.88. The van der Waals surface area contributed by atoms with Crippen molar-refractivity contribution in [3.8, 4) is 0 Å². The van der Waals surface area contributed by atoms with E-state index in [2.05, 4.69) is 15.2 Å². The maximum Gasteiger partial charge on any atom is 0.244 e. The number of amides is 1. The highest BCUT2D eigenvalue weighted by molar-refractivity contribution is 6.01. The third-order valence-electron chi connectivity index (χ3n) is 2.68. The predicted molar refractivity (Wildman–Crippen MR) is 53.2 cm³/mol. The summed E-state index contributed by atoms with van der Waals surface area (Å²) in [6.45, 7) is 0.488. The van der Waals surface area contributed by atoms with Crippen LogP contribution in [0.2, 0.25) is 0 Å². The van der Waals surface area contributed by atoms with Crippen molar-refractivity contribution in [2.24, 2.45) is 0 Å². The zero-order chi connectivity index (χ0) is 9.54. The van der Waals surface area contributed by atoms with Crippen LogP contribution in [0.15, 0.2) is 18.5 Å². The minimum absolute atomic E-state index is 0.0670. The molecule has 2 aliphatic rings. The van der Waals surface area contributed by atoms with E-state index in [4.69, 9.17) is 0 Å². The molecule has 0 saturated heterocycles. The molecule has 1 aliphatic heterocycles. The van der Waals surface area contributed by atoms with Gasteiger partial charge in [-0.2, -0.15) is 0 Å². The van der Waals surface area contributed by atoms with Gasteiger partial charge >= 0.3 is 0 Å². The maximum atomic E-state index is 11.4. The van der Waals surface area contributed by atoms with Crippen LogP contribution in [0, 0.1) is 0 Å². The second-order valence-corrected chi connectivity index (χ2v) is 3.80. The molecule has 0 aromatic carbocycles. The molecule has 0 atom stereocenters. The number of nitrogens with one attached hydrogen (secondary N) is 1. The molecule has 4 heteroatoms. The summed E-state index contributed by atoms with van der Waals surface area (Å²) in [6, 6.07) is 2.54. The van der Waals surface area contributed by atoms with Crippen molar-refractivity contribution in [3.05, 3.63) is 18.5 Å². The van der Waals surface area contributed by atoms with E-state index in [0.29, 0.717) is 12.6 Å². The highest BCUT2D eigenvalue weighted by Gasteiger charge is 2.34.